The van der Waals surface area contributed by atoms with E-state index in [1.807, 2.05) is 45.0 Å². The van der Waals surface area contributed by atoms with E-state index in [9.17, 15) is 4.79 Å². The highest BCUT2D eigenvalue weighted by atomic mass is 35.5. The van der Waals surface area contributed by atoms with E-state index in [1.54, 1.807) is 0 Å². The molecule has 1 atom stereocenters. The highest BCUT2D eigenvalue weighted by Crippen LogP contribution is 2.43. The van der Waals surface area contributed by atoms with E-state index < -0.39 is 25.6 Å². The van der Waals surface area contributed by atoms with Crippen LogP contribution in [0.5, 0.6) is 0 Å². The van der Waals surface area contributed by atoms with Gasteiger partial charge in [0.15, 0.2) is 0 Å². The molecule has 1 N–H and O–H groups in total. The Morgan fingerprint density at radius 3 is 2.46 bits per heavy atom. The quantitative estimate of drug-likeness (QED) is 0.638. The Labute approximate surface area is 163 Å². The molecule has 0 fully saturated rings. The largest absolute Gasteiger partial charge is 0.546 e. The molecule has 1 amide bonds. The zero-order valence-corrected chi connectivity index (χ0v) is 18.4. The molecular weight excluding hydrogens is 366 g/mol. The number of allylic oxidation sites excluding steroid dienone is 1. The first kappa shape index (κ1) is 20.8. The minimum Gasteiger partial charge on any atom is -0.546 e. The number of amides is 1. The van der Waals surface area contributed by atoms with Gasteiger partial charge in [-0.1, -0.05) is 29.8 Å². The van der Waals surface area contributed by atoms with Crippen LogP contribution in [0.2, 0.25) is 24.7 Å². The molecule has 0 bridgehead atoms. The molecule has 1 aromatic carbocycles. The number of ether oxygens (including phenoxy) is 1. The lowest BCUT2D eigenvalue weighted by molar-refractivity contribution is 0.0434. The van der Waals surface area contributed by atoms with Gasteiger partial charge in [-0.2, -0.15) is 0 Å². The van der Waals surface area contributed by atoms with Crippen LogP contribution in [0.1, 0.15) is 45.6 Å². The molecule has 1 aliphatic carbocycles. The van der Waals surface area contributed by atoms with Crippen LogP contribution in [0.15, 0.2) is 36.1 Å². The van der Waals surface area contributed by atoms with Gasteiger partial charge in [-0.25, -0.2) is 4.79 Å². The minimum absolute atomic E-state index is 0.468. The Balaban J connectivity index is 2.51. The normalized spacial score (nSPS) is 21.0. The maximum Gasteiger partial charge on any atom is 0.408 e. The second-order valence-corrected chi connectivity index (χ2v) is 13.5. The van der Waals surface area contributed by atoms with Crippen LogP contribution in [-0.4, -0.2) is 20.0 Å². The van der Waals surface area contributed by atoms with Crippen LogP contribution in [0.4, 0.5) is 4.79 Å². The third-order valence-corrected chi connectivity index (χ3v) is 5.13. The van der Waals surface area contributed by atoms with E-state index in [-0.39, 0.29) is 0 Å². The van der Waals surface area contributed by atoms with Gasteiger partial charge in [-0.3, -0.25) is 0 Å². The first-order valence-corrected chi connectivity index (χ1v) is 12.9. The summed E-state index contributed by atoms with van der Waals surface area (Å²) in [6.45, 7) is 12.0. The predicted octanol–water partition coefficient (Wildman–Crippen LogP) is 5.98. The fourth-order valence-corrected chi connectivity index (χ4v) is 4.31. The van der Waals surface area contributed by atoms with Crippen molar-refractivity contribution in [3.63, 3.8) is 0 Å². The van der Waals surface area contributed by atoms with E-state index in [2.05, 4.69) is 31.0 Å². The summed E-state index contributed by atoms with van der Waals surface area (Å²) in [5.41, 5.74) is -0.542. The smallest absolute Gasteiger partial charge is 0.408 e. The van der Waals surface area contributed by atoms with Crippen molar-refractivity contribution in [3.8, 4) is 0 Å². The van der Waals surface area contributed by atoms with Crippen molar-refractivity contribution in [2.75, 3.05) is 0 Å². The molecule has 0 heterocycles. The first-order chi connectivity index (χ1) is 11.9. The maximum absolute atomic E-state index is 12.7. The minimum atomic E-state index is -1.89. The molecule has 0 radical (unpaired) electrons. The SMILES string of the molecule is CC(C)(C)OC(=O)N[C@]1(c2ccccc2Cl)CCCC=C1O[Si](C)(C)C. The Bertz CT molecular complexity index is 691. The van der Waals surface area contributed by atoms with Crippen LogP contribution in [0.3, 0.4) is 0 Å². The molecule has 1 aromatic rings. The standard InChI is InChI=1S/C20H30ClNO3Si/c1-19(2,3)24-18(23)22-20(15-11-7-8-12-16(15)21)14-10-9-13-17(20)25-26(4,5)6/h7-8,11-13H,9-10,14H2,1-6H3,(H,22,23)/t20-/m0/s1. The average Bonchev–Trinajstić information content (AvgIpc) is 2.46. The molecule has 6 heteroatoms. The fraction of sp³-hybridized carbons (Fsp3) is 0.550. The molecule has 0 saturated carbocycles. The summed E-state index contributed by atoms with van der Waals surface area (Å²) in [5, 5.41) is 3.71. The molecule has 144 valence electrons. The summed E-state index contributed by atoms with van der Waals surface area (Å²) in [5.74, 6) is 0.780. The maximum atomic E-state index is 12.7. The Morgan fingerprint density at radius 1 is 1.23 bits per heavy atom. The number of nitrogens with one attached hydrogen (secondary N) is 1. The number of rotatable bonds is 4. The van der Waals surface area contributed by atoms with Gasteiger partial charge in [0.1, 0.15) is 16.9 Å². The van der Waals surface area contributed by atoms with E-state index >= 15 is 0 Å². The molecule has 26 heavy (non-hydrogen) atoms. The Hall–Kier alpha value is -1.46. The van der Waals surface area contributed by atoms with Crippen LogP contribution in [0, 0.1) is 0 Å². The highest BCUT2D eigenvalue weighted by Gasteiger charge is 2.44. The molecule has 2 rings (SSSR count). The monoisotopic (exact) mass is 395 g/mol. The summed E-state index contributed by atoms with van der Waals surface area (Å²) < 4.78 is 11.9. The summed E-state index contributed by atoms with van der Waals surface area (Å²) in [7, 11) is -1.89. The summed E-state index contributed by atoms with van der Waals surface area (Å²) in [4.78, 5) is 12.7. The van der Waals surface area contributed by atoms with E-state index in [4.69, 9.17) is 20.8 Å². The molecule has 0 aliphatic heterocycles. The van der Waals surface area contributed by atoms with Gasteiger partial charge in [-0.05, 0) is 71.8 Å². The lowest BCUT2D eigenvalue weighted by atomic mass is 9.79. The second-order valence-electron chi connectivity index (χ2n) is 8.69. The molecule has 0 saturated heterocycles. The summed E-state index contributed by atoms with van der Waals surface area (Å²) in [6.07, 6.45) is 4.18. The van der Waals surface area contributed by atoms with Crippen molar-refractivity contribution in [2.45, 2.75) is 70.8 Å². The fourth-order valence-electron chi connectivity index (χ4n) is 3.10. The summed E-state index contributed by atoms with van der Waals surface area (Å²) >= 11 is 6.54. The predicted molar refractivity (Wildman–Crippen MR) is 109 cm³/mol. The van der Waals surface area contributed by atoms with Crippen molar-refractivity contribution in [2.24, 2.45) is 0 Å². The zero-order valence-electron chi connectivity index (χ0n) is 16.6. The molecule has 0 unspecified atom stereocenters. The van der Waals surface area contributed by atoms with Crippen LogP contribution in [-0.2, 0) is 14.7 Å². The average molecular weight is 396 g/mol. The molecular formula is C20H30ClNO3Si. The van der Waals surface area contributed by atoms with Gasteiger partial charge in [0.2, 0.25) is 8.32 Å². The number of halogens is 1. The lowest BCUT2D eigenvalue weighted by Crippen LogP contribution is -2.52. The topological polar surface area (TPSA) is 47.6 Å². The number of carbonyl (C=O) groups excluding carboxylic acids is 1. The van der Waals surface area contributed by atoms with Crippen molar-refractivity contribution < 1.29 is 14.0 Å². The number of benzene rings is 1. The third-order valence-electron chi connectivity index (χ3n) is 3.97. The van der Waals surface area contributed by atoms with E-state index in [0.717, 1.165) is 24.2 Å². The molecule has 0 aromatic heterocycles. The molecule has 0 spiro atoms. The van der Waals surface area contributed by atoms with Crippen molar-refractivity contribution >= 4 is 26.0 Å². The van der Waals surface area contributed by atoms with Crippen LogP contribution >= 0.6 is 11.6 Å². The van der Waals surface area contributed by atoms with Crippen LogP contribution < -0.4 is 5.32 Å². The number of carbonyl (C=O) groups is 1. The number of alkyl carbamates (subject to hydrolysis) is 1. The third kappa shape index (κ3) is 5.27. The van der Waals surface area contributed by atoms with Gasteiger partial charge in [0.05, 0.1) is 0 Å². The molecule has 4 nitrogen and oxygen atoms in total. The van der Waals surface area contributed by atoms with E-state index in [0.29, 0.717) is 11.4 Å². The Kier molecular flexibility index (Phi) is 6.13. The zero-order chi connectivity index (χ0) is 19.6. The van der Waals surface area contributed by atoms with Gasteiger partial charge in [-0.15, -0.1) is 0 Å². The van der Waals surface area contributed by atoms with Crippen LogP contribution in [0.25, 0.3) is 0 Å². The van der Waals surface area contributed by atoms with Gasteiger partial charge in [0.25, 0.3) is 0 Å². The first-order valence-electron chi connectivity index (χ1n) is 9.09. The summed E-state index contributed by atoms with van der Waals surface area (Å²) in [6, 6.07) is 7.61. The Morgan fingerprint density at radius 2 is 1.88 bits per heavy atom. The second kappa shape index (κ2) is 7.65. The number of hydrogen-bond acceptors (Lipinski definition) is 3. The van der Waals surface area contributed by atoms with Gasteiger partial charge < -0.3 is 14.5 Å². The van der Waals surface area contributed by atoms with Gasteiger partial charge >= 0.3 is 6.09 Å². The van der Waals surface area contributed by atoms with Crippen molar-refractivity contribution in [1.29, 1.82) is 0 Å². The molecule has 1 aliphatic rings. The van der Waals surface area contributed by atoms with Crippen molar-refractivity contribution in [1.82, 2.24) is 5.32 Å². The van der Waals surface area contributed by atoms with Gasteiger partial charge in [0, 0.05) is 10.6 Å². The lowest BCUT2D eigenvalue weighted by Gasteiger charge is -2.42. The highest BCUT2D eigenvalue weighted by molar-refractivity contribution is 6.70. The van der Waals surface area contributed by atoms with Crippen molar-refractivity contribution in [3.05, 3.63) is 46.7 Å². The van der Waals surface area contributed by atoms with E-state index in [1.165, 1.54) is 0 Å². The number of hydrogen-bond donors (Lipinski definition) is 1.